The highest BCUT2D eigenvalue weighted by Gasteiger charge is 2.04. The van der Waals surface area contributed by atoms with Crippen LogP contribution in [0.3, 0.4) is 0 Å². The number of hydrogen-bond donors (Lipinski definition) is 2. The maximum Gasteiger partial charge on any atom is 0.315 e. The summed E-state index contributed by atoms with van der Waals surface area (Å²) in [7, 11) is 0. The fourth-order valence-electron chi connectivity index (χ4n) is 1.14. The molecule has 1 aliphatic heterocycles. The number of carbonyl (C=O) groups is 1. The van der Waals surface area contributed by atoms with Crippen molar-refractivity contribution in [1.29, 1.82) is 0 Å². The molecule has 0 saturated heterocycles. The van der Waals surface area contributed by atoms with E-state index in [0.29, 0.717) is 19.7 Å². The van der Waals surface area contributed by atoms with Crippen LogP contribution in [0.5, 0.6) is 0 Å². The molecule has 0 saturated carbocycles. The van der Waals surface area contributed by atoms with E-state index in [4.69, 9.17) is 4.74 Å². The summed E-state index contributed by atoms with van der Waals surface area (Å²) in [6, 6.07) is -0.102. The van der Waals surface area contributed by atoms with Crippen molar-refractivity contribution in [2.24, 2.45) is 0 Å². The van der Waals surface area contributed by atoms with Crippen LogP contribution in [-0.2, 0) is 4.74 Å². The lowest BCUT2D eigenvalue weighted by Crippen LogP contribution is -2.36. The molecule has 74 valence electrons. The second-order valence-corrected chi connectivity index (χ2v) is 2.90. The second kappa shape index (κ2) is 5.59. The molecule has 0 unspecified atom stereocenters. The van der Waals surface area contributed by atoms with E-state index in [0.717, 1.165) is 13.0 Å². The van der Waals surface area contributed by atoms with E-state index in [1.54, 1.807) is 0 Å². The van der Waals surface area contributed by atoms with Crippen LogP contribution in [0.25, 0.3) is 0 Å². The van der Waals surface area contributed by atoms with E-state index < -0.39 is 0 Å². The highest BCUT2D eigenvalue weighted by Crippen LogP contribution is 2.05. The summed E-state index contributed by atoms with van der Waals surface area (Å²) in [5.41, 5.74) is 1.25. The van der Waals surface area contributed by atoms with Crippen LogP contribution >= 0.6 is 0 Å². The number of carbonyl (C=O) groups excluding carboxylic acids is 1. The quantitative estimate of drug-likeness (QED) is 0.633. The Morgan fingerprint density at radius 2 is 2.46 bits per heavy atom. The van der Waals surface area contributed by atoms with Gasteiger partial charge in [0.15, 0.2) is 0 Å². The molecule has 1 aliphatic rings. The smallest absolute Gasteiger partial charge is 0.315 e. The maximum absolute atomic E-state index is 11.0. The Morgan fingerprint density at radius 3 is 3.08 bits per heavy atom. The molecule has 1 rings (SSSR count). The summed E-state index contributed by atoms with van der Waals surface area (Å²) in [5.74, 6) is 0. The number of nitrogens with one attached hydrogen (secondary N) is 2. The average Bonchev–Trinajstić information content (AvgIpc) is 2.17. The van der Waals surface area contributed by atoms with Crippen molar-refractivity contribution in [2.75, 3.05) is 26.3 Å². The minimum Gasteiger partial charge on any atom is -0.377 e. The van der Waals surface area contributed by atoms with Crippen LogP contribution in [0.4, 0.5) is 4.79 Å². The molecule has 0 radical (unpaired) electrons. The Labute approximate surface area is 78.3 Å². The summed E-state index contributed by atoms with van der Waals surface area (Å²) in [4.78, 5) is 11.0. The lowest BCUT2D eigenvalue weighted by atomic mass is 10.1. The van der Waals surface area contributed by atoms with Crippen LogP contribution in [0.1, 0.15) is 13.3 Å². The number of amides is 2. The van der Waals surface area contributed by atoms with Gasteiger partial charge in [-0.3, -0.25) is 0 Å². The molecule has 13 heavy (non-hydrogen) atoms. The molecule has 4 heteroatoms. The summed E-state index contributed by atoms with van der Waals surface area (Å²) in [6.07, 6.45) is 2.95. The first-order valence-electron chi connectivity index (χ1n) is 4.60. The highest BCUT2D eigenvalue weighted by molar-refractivity contribution is 5.73. The molecule has 2 N–H and O–H groups in total. The van der Waals surface area contributed by atoms with Gasteiger partial charge >= 0.3 is 6.03 Å². The molecule has 0 aliphatic carbocycles. The van der Waals surface area contributed by atoms with Crippen LogP contribution in [0.15, 0.2) is 11.6 Å². The van der Waals surface area contributed by atoms with Gasteiger partial charge in [0.25, 0.3) is 0 Å². The SMILES string of the molecule is CCNC(=O)NCC1=CCOCC1. The van der Waals surface area contributed by atoms with Crippen LogP contribution < -0.4 is 10.6 Å². The van der Waals surface area contributed by atoms with Crippen molar-refractivity contribution < 1.29 is 9.53 Å². The monoisotopic (exact) mass is 184 g/mol. The van der Waals surface area contributed by atoms with E-state index >= 15 is 0 Å². The number of hydrogen-bond acceptors (Lipinski definition) is 2. The molecule has 1 heterocycles. The Morgan fingerprint density at radius 1 is 1.62 bits per heavy atom. The average molecular weight is 184 g/mol. The Kier molecular flexibility index (Phi) is 4.32. The zero-order chi connectivity index (χ0) is 9.52. The molecule has 0 atom stereocenters. The van der Waals surface area contributed by atoms with Crippen molar-refractivity contribution in [3.8, 4) is 0 Å². The maximum atomic E-state index is 11.0. The molecule has 0 aromatic carbocycles. The third-order valence-corrected chi connectivity index (χ3v) is 1.87. The predicted octanol–water partition coefficient (Wildman–Crippen LogP) is 0.652. The van der Waals surface area contributed by atoms with Gasteiger partial charge in [0.2, 0.25) is 0 Å². The Bertz CT molecular complexity index is 202. The standard InChI is InChI=1S/C9H16N2O2/c1-2-10-9(12)11-7-8-3-5-13-6-4-8/h3H,2,4-7H2,1H3,(H2,10,11,12). The fraction of sp³-hybridized carbons (Fsp3) is 0.667. The minimum atomic E-state index is -0.102. The number of urea groups is 1. The topological polar surface area (TPSA) is 50.4 Å². The van der Waals surface area contributed by atoms with E-state index in [2.05, 4.69) is 10.6 Å². The third-order valence-electron chi connectivity index (χ3n) is 1.87. The summed E-state index contributed by atoms with van der Waals surface area (Å²) < 4.78 is 5.15. The van der Waals surface area contributed by atoms with Crippen molar-refractivity contribution >= 4 is 6.03 Å². The van der Waals surface area contributed by atoms with Crippen molar-refractivity contribution in [3.05, 3.63) is 11.6 Å². The van der Waals surface area contributed by atoms with Crippen molar-refractivity contribution in [3.63, 3.8) is 0 Å². The van der Waals surface area contributed by atoms with Gasteiger partial charge in [-0.1, -0.05) is 11.6 Å². The lowest BCUT2D eigenvalue weighted by Gasteiger charge is -2.14. The number of ether oxygens (including phenoxy) is 1. The summed E-state index contributed by atoms with van der Waals surface area (Å²) >= 11 is 0. The third kappa shape index (κ3) is 3.94. The molecule has 2 amide bonds. The zero-order valence-electron chi connectivity index (χ0n) is 7.93. The lowest BCUT2D eigenvalue weighted by molar-refractivity contribution is 0.153. The minimum absolute atomic E-state index is 0.102. The van der Waals surface area contributed by atoms with E-state index in [9.17, 15) is 4.79 Å². The van der Waals surface area contributed by atoms with Crippen LogP contribution in [0, 0.1) is 0 Å². The Hall–Kier alpha value is -1.03. The van der Waals surface area contributed by atoms with Gasteiger partial charge in [-0.2, -0.15) is 0 Å². The molecular weight excluding hydrogens is 168 g/mol. The summed E-state index contributed by atoms with van der Waals surface area (Å²) in [5, 5.41) is 5.46. The van der Waals surface area contributed by atoms with Crippen LogP contribution in [-0.4, -0.2) is 32.3 Å². The van der Waals surface area contributed by atoms with Crippen LogP contribution in [0.2, 0.25) is 0 Å². The van der Waals surface area contributed by atoms with Gasteiger partial charge in [0, 0.05) is 13.1 Å². The predicted molar refractivity (Wildman–Crippen MR) is 50.6 cm³/mol. The van der Waals surface area contributed by atoms with Gasteiger partial charge in [-0.15, -0.1) is 0 Å². The zero-order valence-corrected chi connectivity index (χ0v) is 7.93. The number of rotatable bonds is 3. The molecule has 0 spiro atoms. The van der Waals surface area contributed by atoms with Gasteiger partial charge < -0.3 is 15.4 Å². The molecule has 0 bridgehead atoms. The van der Waals surface area contributed by atoms with Gasteiger partial charge in [0.05, 0.1) is 13.2 Å². The second-order valence-electron chi connectivity index (χ2n) is 2.90. The van der Waals surface area contributed by atoms with Gasteiger partial charge in [-0.25, -0.2) is 4.79 Å². The first-order chi connectivity index (χ1) is 6.33. The molecule has 4 nitrogen and oxygen atoms in total. The van der Waals surface area contributed by atoms with E-state index in [1.165, 1.54) is 5.57 Å². The van der Waals surface area contributed by atoms with E-state index in [-0.39, 0.29) is 6.03 Å². The first-order valence-corrected chi connectivity index (χ1v) is 4.60. The van der Waals surface area contributed by atoms with Gasteiger partial charge in [0.1, 0.15) is 0 Å². The molecular formula is C9H16N2O2. The molecule has 0 aromatic rings. The largest absolute Gasteiger partial charge is 0.377 e. The first kappa shape index (κ1) is 10.1. The van der Waals surface area contributed by atoms with Crippen molar-refractivity contribution in [2.45, 2.75) is 13.3 Å². The summed E-state index contributed by atoms with van der Waals surface area (Å²) in [6.45, 7) is 4.63. The van der Waals surface area contributed by atoms with Crippen molar-refractivity contribution in [1.82, 2.24) is 10.6 Å². The molecule has 0 aromatic heterocycles. The molecule has 0 fully saturated rings. The fourth-order valence-corrected chi connectivity index (χ4v) is 1.14. The van der Waals surface area contributed by atoms with E-state index in [1.807, 2.05) is 13.0 Å². The Balaban J connectivity index is 2.17. The highest BCUT2D eigenvalue weighted by atomic mass is 16.5. The van der Waals surface area contributed by atoms with Gasteiger partial charge in [-0.05, 0) is 13.3 Å². The normalized spacial score (nSPS) is 16.2.